The lowest BCUT2D eigenvalue weighted by Crippen LogP contribution is -2.42. The maximum atomic E-state index is 13.2. The molecule has 1 atom stereocenters. The van der Waals surface area contributed by atoms with Crippen LogP contribution in [-0.4, -0.2) is 69.9 Å². The third-order valence-electron chi connectivity index (χ3n) is 3.73. The Kier molecular flexibility index (Phi) is 13.7. The Morgan fingerprint density at radius 3 is 2.29 bits per heavy atom. The highest BCUT2D eigenvalue weighted by Crippen LogP contribution is 2.42. The van der Waals surface area contributed by atoms with E-state index in [1.54, 1.807) is 0 Å². The molecule has 0 saturated carbocycles. The van der Waals surface area contributed by atoms with Crippen molar-refractivity contribution >= 4 is 28.0 Å². The molecule has 11 N–H and O–H groups in total. The molecule has 0 amide bonds. The third kappa shape index (κ3) is 10.2. The van der Waals surface area contributed by atoms with E-state index in [9.17, 15) is 33.3 Å². The summed E-state index contributed by atoms with van der Waals surface area (Å²) in [6.45, 7) is 4.26. The van der Waals surface area contributed by atoms with Crippen molar-refractivity contribution in [1.82, 2.24) is 5.32 Å². The standard InChI is InChI=1S/C13H11BrF3NO7.C5H13NO.H4NO/c14-6-1-5-2-7(11(19)23-4-24-18)10(12(15,16)17)25-9(5)8(3-6)13(20,21)22;1-5(2)6-3-4-7;1-2/h1-3,10,20-22H,4,18H2;5-7H,3-4H2,1-2H3;2H,1H3/q;;+1. The predicted molar refractivity (Wildman–Crippen MR) is 112 cm³/mol. The van der Waals surface area contributed by atoms with Gasteiger partial charge in [-0.1, -0.05) is 29.8 Å². The minimum Gasteiger partial charge on any atom is -0.475 e. The molecule has 0 bridgehead atoms. The van der Waals surface area contributed by atoms with Gasteiger partial charge in [0, 0.05) is 22.6 Å². The molecule has 1 aromatic rings. The summed E-state index contributed by atoms with van der Waals surface area (Å²) in [5, 5.41) is 46.1. The number of halogens is 4. The third-order valence-corrected chi connectivity index (χ3v) is 4.19. The van der Waals surface area contributed by atoms with Crippen LogP contribution in [0, 0.1) is 0 Å². The Morgan fingerprint density at radius 2 is 1.88 bits per heavy atom. The Hall–Kier alpha value is -1.86. The molecule has 0 aromatic heterocycles. The molecule has 1 heterocycles. The number of benzene rings is 1. The van der Waals surface area contributed by atoms with E-state index < -0.39 is 47.9 Å². The van der Waals surface area contributed by atoms with Gasteiger partial charge in [-0.2, -0.15) is 13.2 Å². The topological polar surface area (TPSA) is 212 Å². The first-order valence-electron chi connectivity index (χ1n) is 9.33. The van der Waals surface area contributed by atoms with Gasteiger partial charge in [-0.25, -0.2) is 21.8 Å². The van der Waals surface area contributed by atoms with Crippen LogP contribution in [0.5, 0.6) is 5.75 Å². The number of carbonyl (C=O) groups is 1. The maximum absolute atomic E-state index is 13.2. The second-order valence-corrected chi connectivity index (χ2v) is 7.61. The van der Waals surface area contributed by atoms with Crippen molar-refractivity contribution < 1.29 is 63.8 Å². The molecule has 1 unspecified atom stereocenters. The average molecular weight is 567 g/mol. The Bertz CT molecular complexity index is 818. The number of rotatable bonds is 7. The first-order chi connectivity index (χ1) is 15.7. The highest BCUT2D eigenvalue weighted by molar-refractivity contribution is 9.10. The molecule has 1 aliphatic rings. The molecule has 16 heteroatoms. The van der Waals surface area contributed by atoms with Gasteiger partial charge in [0.1, 0.15) is 5.75 Å². The van der Waals surface area contributed by atoms with Gasteiger partial charge in [0.15, 0.2) is 0 Å². The quantitative estimate of drug-likeness (QED) is 0.116. The summed E-state index contributed by atoms with van der Waals surface area (Å²) in [5.41, 5.74) is -1.80. The number of hydrogen-bond donors (Lipinski definition) is 8. The molecule has 196 valence electrons. The number of aliphatic hydroxyl groups is 4. The van der Waals surface area contributed by atoms with Crippen LogP contribution in [0.4, 0.5) is 13.2 Å². The fourth-order valence-corrected chi connectivity index (χ4v) is 2.94. The minimum absolute atomic E-state index is 0.132. The average Bonchev–Trinajstić information content (AvgIpc) is 2.75. The van der Waals surface area contributed by atoms with Gasteiger partial charge in [-0.15, -0.1) is 0 Å². The molecule has 1 aliphatic heterocycles. The van der Waals surface area contributed by atoms with Crippen LogP contribution in [0.1, 0.15) is 25.0 Å². The summed E-state index contributed by atoms with van der Waals surface area (Å²) in [4.78, 5) is 15.8. The maximum Gasteiger partial charge on any atom is 0.430 e. The van der Waals surface area contributed by atoms with Crippen molar-refractivity contribution in [2.45, 2.75) is 38.1 Å². The van der Waals surface area contributed by atoms with E-state index in [1.807, 2.05) is 0 Å². The smallest absolute Gasteiger partial charge is 0.430 e. The highest BCUT2D eigenvalue weighted by atomic mass is 79.9. The van der Waals surface area contributed by atoms with Crippen molar-refractivity contribution in [1.29, 1.82) is 0 Å². The predicted octanol–water partition coefficient (Wildman–Crippen LogP) is -0.772. The second kappa shape index (κ2) is 14.5. The molecular formula is C18H28BrF3N3O9+. The molecule has 2 rings (SSSR count). The number of fused-ring (bicyclic) bond motifs is 1. The normalized spacial score (nSPS) is 15.1. The minimum atomic E-state index is -5.04. The molecular weight excluding hydrogens is 539 g/mol. The summed E-state index contributed by atoms with van der Waals surface area (Å²) in [6.07, 6.45) is -7.03. The lowest BCUT2D eigenvalue weighted by molar-refractivity contribution is -0.670. The van der Waals surface area contributed by atoms with Crippen LogP contribution in [-0.2, 0) is 20.3 Å². The molecule has 1 aromatic carbocycles. The fraction of sp³-hybridized carbons (Fsp3) is 0.500. The number of carbonyl (C=O) groups excluding carboxylic acids is 1. The zero-order valence-corrected chi connectivity index (χ0v) is 19.8. The zero-order chi connectivity index (χ0) is 26.7. The van der Waals surface area contributed by atoms with E-state index in [0.29, 0.717) is 12.6 Å². The van der Waals surface area contributed by atoms with Crippen LogP contribution >= 0.6 is 15.9 Å². The summed E-state index contributed by atoms with van der Waals surface area (Å²) in [6, 6.07) is 2.68. The lowest BCUT2D eigenvalue weighted by atomic mass is 9.98. The Balaban J connectivity index is 0.00000104. The van der Waals surface area contributed by atoms with Crippen LogP contribution in [0.25, 0.3) is 6.08 Å². The fourth-order valence-electron chi connectivity index (χ4n) is 2.46. The number of hydrogen-bond acceptors (Lipinski definition) is 11. The number of nitrogens with two attached hydrogens (primary N) is 1. The van der Waals surface area contributed by atoms with Crippen LogP contribution < -0.4 is 21.8 Å². The molecule has 12 nitrogen and oxygen atoms in total. The lowest BCUT2D eigenvalue weighted by Gasteiger charge is -2.30. The van der Waals surface area contributed by atoms with Crippen molar-refractivity contribution in [3.05, 3.63) is 33.3 Å². The largest absolute Gasteiger partial charge is 0.475 e. The molecule has 34 heavy (non-hydrogen) atoms. The number of aliphatic hydroxyl groups excluding tert-OH is 1. The summed E-state index contributed by atoms with van der Waals surface area (Å²) >= 11 is 2.99. The van der Waals surface area contributed by atoms with E-state index in [2.05, 4.69) is 56.5 Å². The second-order valence-electron chi connectivity index (χ2n) is 6.70. The molecule has 0 aliphatic carbocycles. The summed E-state index contributed by atoms with van der Waals surface area (Å²) in [7, 11) is 0. The first-order valence-corrected chi connectivity index (χ1v) is 10.1. The molecule has 0 fully saturated rings. The van der Waals surface area contributed by atoms with E-state index in [4.69, 9.17) is 15.1 Å². The molecule has 0 spiro atoms. The van der Waals surface area contributed by atoms with Gasteiger partial charge in [-0.3, -0.25) is 4.84 Å². The van der Waals surface area contributed by atoms with Crippen molar-refractivity contribution in [2.24, 2.45) is 5.90 Å². The van der Waals surface area contributed by atoms with Gasteiger partial charge in [0.2, 0.25) is 12.9 Å². The molecule has 0 saturated heterocycles. The van der Waals surface area contributed by atoms with E-state index in [0.717, 1.165) is 12.1 Å². The van der Waals surface area contributed by atoms with Crippen molar-refractivity contribution in [3.63, 3.8) is 0 Å². The summed E-state index contributed by atoms with van der Waals surface area (Å²) < 4.78 is 49.1. The van der Waals surface area contributed by atoms with Crippen LogP contribution in [0.3, 0.4) is 0 Å². The zero-order valence-electron chi connectivity index (χ0n) is 18.2. The highest BCUT2D eigenvalue weighted by Gasteiger charge is 2.50. The van der Waals surface area contributed by atoms with Gasteiger partial charge in [0.25, 0.3) is 0 Å². The first kappa shape index (κ1) is 32.1. The Labute approximate surface area is 200 Å². The van der Waals surface area contributed by atoms with E-state index >= 15 is 0 Å². The number of nitrogens with one attached hydrogen (secondary N) is 1. The van der Waals surface area contributed by atoms with E-state index in [-0.39, 0.29) is 16.6 Å². The number of quaternary nitrogens is 1. The molecule has 0 radical (unpaired) electrons. The van der Waals surface area contributed by atoms with E-state index in [1.165, 1.54) is 6.07 Å². The summed E-state index contributed by atoms with van der Waals surface area (Å²) in [5.74, 6) is 1.37. The van der Waals surface area contributed by atoms with Gasteiger partial charge < -0.3 is 35.2 Å². The van der Waals surface area contributed by atoms with Gasteiger partial charge >= 0.3 is 18.1 Å². The number of ether oxygens (including phenoxy) is 2. The SMILES string of the molecule is CC(C)NCCO.NOCOC(=O)C1=Cc2cc(Br)cc(C(O)(O)O)c2OC1C(F)(F)F.[NH3+]O. The van der Waals surface area contributed by atoms with Crippen LogP contribution in [0.2, 0.25) is 0 Å². The van der Waals surface area contributed by atoms with Crippen molar-refractivity contribution in [3.8, 4) is 5.75 Å². The van der Waals surface area contributed by atoms with Gasteiger partial charge in [-0.05, 0) is 18.2 Å². The van der Waals surface area contributed by atoms with Gasteiger partial charge in [0.05, 0.1) is 17.7 Å². The van der Waals surface area contributed by atoms with Crippen LogP contribution in [0.15, 0.2) is 22.2 Å². The number of alkyl halides is 3. The monoisotopic (exact) mass is 566 g/mol. The van der Waals surface area contributed by atoms with Crippen molar-refractivity contribution in [2.75, 3.05) is 19.9 Å². The number of esters is 1. The Morgan fingerprint density at radius 1 is 1.29 bits per heavy atom.